The fourth-order valence-electron chi connectivity index (χ4n) is 4.96. The molecule has 1 N–H and O–H groups in total. The second-order valence-corrected chi connectivity index (χ2v) is 7.93. The molecule has 1 amide bonds. The van der Waals surface area contributed by atoms with E-state index in [0.717, 1.165) is 42.9 Å². The molecule has 4 rings (SSSR count). The van der Waals surface area contributed by atoms with E-state index in [2.05, 4.69) is 40.5 Å². The number of methoxy groups -OCH3 is 2. The summed E-state index contributed by atoms with van der Waals surface area (Å²) < 4.78 is 10.7. The first-order chi connectivity index (χ1) is 14.2. The lowest BCUT2D eigenvalue weighted by Crippen LogP contribution is -2.38. The van der Waals surface area contributed by atoms with Gasteiger partial charge in [0.05, 0.1) is 20.1 Å². The molecule has 2 aliphatic rings. The summed E-state index contributed by atoms with van der Waals surface area (Å²) in [5, 5.41) is 3.19. The van der Waals surface area contributed by atoms with E-state index < -0.39 is 0 Å². The molecule has 2 heterocycles. The zero-order valence-electron chi connectivity index (χ0n) is 17.3. The molecule has 0 radical (unpaired) electrons. The Bertz CT molecular complexity index is 839. The van der Waals surface area contributed by atoms with Gasteiger partial charge in [0, 0.05) is 24.7 Å². The van der Waals surface area contributed by atoms with Crippen LogP contribution in [0.2, 0.25) is 0 Å². The topological polar surface area (TPSA) is 50.8 Å². The molecule has 154 valence electrons. The number of rotatable bonds is 7. The number of fused-ring (bicyclic) bond motifs is 1. The SMILES string of the molecule is COc1ccc(CCNC(=O)[C@@H]2C[C@H](c3ccccc3)N3CCC[C@@H]23)c(OC)c1. The second-order valence-electron chi connectivity index (χ2n) is 7.93. The molecule has 5 nitrogen and oxygen atoms in total. The molecule has 3 atom stereocenters. The Morgan fingerprint density at radius 2 is 1.97 bits per heavy atom. The molecule has 0 saturated carbocycles. The fraction of sp³-hybridized carbons (Fsp3) is 0.458. The van der Waals surface area contributed by atoms with Gasteiger partial charge in [0.15, 0.2) is 0 Å². The van der Waals surface area contributed by atoms with Crippen molar-refractivity contribution in [3.05, 3.63) is 59.7 Å². The van der Waals surface area contributed by atoms with Gasteiger partial charge in [-0.1, -0.05) is 36.4 Å². The summed E-state index contributed by atoms with van der Waals surface area (Å²) in [6, 6.07) is 17.2. The van der Waals surface area contributed by atoms with E-state index >= 15 is 0 Å². The number of hydrogen-bond donors (Lipinski definition) is 1. The van der Waals surface area contributed by atoms with Gasteiger partial charge < -0.3 is 14.8 Å². The Morgan fingerprint density at radius 3 is 2.72 bits per heavy atom. The number of ether oxygens (including phenoxy) is 2. The summed E-state index contributed by atoms with van der Waals surface area (Å²) in [4.78, 5) is 15.6. The minimum atomic E-state index is 0.0699. The molecule has 2 aromatic carbocycles. The summed E-state index contributed by atoms with van der Waals surface area (Å²) in [6.45, 7) is 1.71. The average molecular weight is 395 g/mol. The zero-order valence-corrected chi connectivity index (χ0v) is 17.3. The van der Waals surface area contributed by atoms with Crippen LogP contribution in [0.4, 0.5) is 0 Å². The summed E-state index contributed by atoms with van der Waals surface area (Å²) in [5.41, 5.74) is 2.40. The highest BCUT2D eigenvalue weighted by Crippen LogP contribution is 2.44. The number of amides is 1. The summed E-state index contributed by atoms with van der Waals surface area (Å²) in [7, 11) is 3.30. The van der Waals surface area contributed by atoms with Gasteiger partial charge in [-0.05, 0) is 49.4 Å². The van der Waals surface area contributed by atoms with E-state index in [1.54, 1.807) is 14.2 Å². The maximum atomic E-state index is 13.0. The van der Waals surface area contributed by atoms with Crippen molar-refractivity contribution in [2.45, 2.75) is 37.8 Å². The van der Waals surface area contributed by atoms with Gasteiger partial charge in [-0.2, -0.15) is 0 Å². The largest absolute Gasteiger partial charge is 0.497 e. The van der Waals surface area contributed by atoms with Crippen LogP contribution in [0.25, 0.3) is 0 Å². The van der Waals surface area contributed by atoms with Crippen LogP contribution in [0.5, 0.6) is 11.5 Å². The van der Waals surface area contributed by atoms with Gasteiger partial charge in [-0.3, -0.25) is 9.69 Å². The molecule has 29 heavy (non-hydrogen) atoms. The molecule has 0 spiro atoms. The van der Waals surface area contributed by atoms with Crippen LogP contribution in [0.1, 0.15) is 36.4 Å². The van der Waals surface area contributed by atoms with E-state index in [1.807, 2.05) is 18.2 Å². The number of nitrogens with one attached hydrogen (secondary N) is 1. The van der Waals surface area contributed by atoms with Crippen LogP contribution < -0.4 is 14.8 Å². The minimum Gasteiger partial charge on any atom is -0.497 e. The Labute approximate surface area is 173 Å². The van der Waals surface area contributed by atoms with Crippen molar-refractivity contribution in [1.29, 1.82) is 0 Å². The van der Waals surface area contributed by atoms with Crippen LogP contribution in [0.15, 0.2) is 48.5 Å². The highest BCUT2D eigenvalue weighted by molar-refractivity contribution is 5.80. The minimum absolute atomic E-state index is 0.0699. The maximum Gasteiger partial charge on any atom is 0.224 e. The van der Waals surface area contributed by atoms with Crippen molar-refractivity contribution >= 4 is 5.91 Å². The van der Waals surface area contributed by atoms with Gasteiger partial charge in [0.2, 0.25) is 5.91 Å². The molecule has 5 heteroatoms. The smallest absolute Gasteiger partial charge is 0.224 e. The second kappa shape index (κ2) is 8.87. The molecule has 2 aromatic rings. The first-order valence-corrected chi connectivity index (χ1v) is 10.5. The summed E-state index contributed by atoms with van der Waals surface area (Å²) in [5.74, 6) is 1.83. The van der Waals surface area contributed by atoms with Crippen LogP contribution in [0.3, 0.4) is 0 Å². The maximum absolute atomic E-state index is 13.0. The third kappa shape index (κ3) is 4.10. The lowest BCUT2D eigenvalue weighted by molar-refractivity contribution is -0.125. The molecule has 2 saturated heterocycles. The lowest BCUT2D eigenvalue weighted by Gasteiger charge is -2.24. The van der Waals surface area contributed by atoms with Crippen molar-refractivity contribution in [2.75, 3.05) is 27.3 Å². The third-order valence-electron chi connectivity index (χ3n) is 6.39. The highest BCUT2D eigenvalue weighted by Gasteiger charge is 2.46. The van der Waals surface area contributed by atoms with Crippen LogP contribution in [0, 0.1) is 5.92 Å². The van der Waals surface area contributed by atoms with Gasteiger partial charge in [0.25, 0.3) is 0 Å². The molecule has 0 bridgehead atoms. The zero-order chi connectivity index (χ0) is 20.2. The van der Waals surface area contributed by atoms with Gasteiger partial charge in [0.1, 0.15) is 11.5 Å². The molecular weight excluding hydrogens is 364 g/mol. The molecule has 2 fully saturated rings. The van der Waals surface area contributed by atoms with E-state index in [0.29, 0.717) is 18.6 Å². The predicted octanol–water partition coefficient (Wildman–Crippen LogP) is 3.59. The van der Waals surface area contributed by atoms with E-state index in [9.17, 15) is 4.79 Å². The van der Waals surface area contributed by atoms with E-state index in [4.69, 9.17) is 9.47 Å². The Kier molecular flexibility index (Phi) is 6.05. The Morgan fingerprint density at radius 1 is 1.14 bits per heavy atom. The first-order valence-electron chi connectivity index (χ1n) is 10.5. The van der Waals surface area contributed by atoms with Crippen molar-refractivity contribution in [3.8, 4) is 11.5 Å². The molecule has 0 aromatic heterocycles. The van der Waals surface area contributed by atoms with Crippen LogP contribution >= 0.6 is 0 Å². The number of carbonyl (C=O) groups is 1. The standard InChI is InChI=1S/C24H30N2O3/c1-28-19-11-10-18(23(15-19)29-2)12-13-25-24(27)20-16-22(17-7-4-3-5-8-17)26-14-6-9-21(20)26/h3-5,7-8,10-11,15,20-22H,6,9,12-14,16H2,1-2H3,(H,25,27)/t20-,21+,22-/m1/s1. The number of hydrogen-bond acceptors (Lipinski definition) is 4. The third-order valence-corrected chi connectivity index (χ3v) is 6.39. The average Bonchev–Trinajstić information content (AvgIpc) is 3.37. The van der Waals surface area contributed by atoms with Gasteiger partial charge in [-0.25, -0.2) is 0 Å². The van der Waals surface area contributed by atoms with Crippen molar-refractivity contribution < 1.29 is 14.3 Å². The van der Waals surface area contributed by atoms with E-state index in [-0.39, 0.29) is 11.8 Å². The highest BCUT2D eigenvalue weighted by atomic mass is 16.5. The van der Waals surface area contributed by atoms with Crippen molar-refractivity contribution in [2.24, 2.45) is 5.92 Å². The monoisotopic (exact) mass is 394 g/mol. The molecule has 0 aliphatic carbocycles. The lowest BCUT2D eigenvalue weighted by atomic mass is 9.93. The fourth-order valence-corrected chi connectivity index (χ4v) is 4.96. The molecule has 0 unspecified atom stereocenters. The van der Waals surface area contributed by atoms with Crippen molar-refractivity contribution in [3.63, 3.8) is 0 Å². The van der Waals surface area contributed by atoms with Gasteiger partial charge in [-0.15, -0.1) is 0 Å². The van der Waals surface area contributed by atoms with E-state index in [1.165, 1.54) is 12.0 Å². The van der Waals surface area contributed by atoms with Gasteiger partial charge >= 0.3 is 0 Å². The Hall–Kier alpha value is -2.53. The number of benzene rings is 2. The van der Waals surface area contributed by atoms with Crippen LogP contribution in [-0.2, 0) is 11.2 Å². The van der Waals surface area contributed by atoms with Crippen molar-refractivity contribution in [1.82, 2.24) is 10.2 Å². The summed E-state index contributed by atoms with van der Waals surface area (Å²) in [6.07, 6.45) is 3.95. The Balaban J connectivity index is 1.38. The first kappa shape index (κ1) is 19.8. The quantitative estimate of drug-likeness (QED) is 0.780. The summed E-state index contributed by atoms with van der Waals surface area (Å²) >= 11 is 0. The number of nitrogens with zero attached hydrogens (tertiary/aromatic N) is 1. The predicted molar refractivity (Wildman–Crippen MR) is 113 cm³/mol. The van der Waals surface area contributed by atoms with Crippen LogP contribution in [-0.4, -0.2) is 44.2 Å². The molecular formula is C24H30N2O3. The normalized spacial score (nSPS) is 23.6. The number of carbonyl (C=O) groups excluding carboxylic acids is 1. The molecule has 2 aliphatic heterocycles.